The lowest BCUT2D eigenvalue weighted by molar-refractivity contribution is -0.125. The number of carbonyl (C=O) groups excluding carboxylic acids is 2. The number of aromatic nitrogens is 5. The van der Waals surface area contributed by atoms with Gasteiger partial charge in [0.2, 0.25) is 5.91 Å². The van der Waals surface area contributed by atoms with Gasteiger partial charge in [-0.3, -0.25) is 14.9 Å². The lowest BCUT2D eigenvalue weighted by atomic mass is 10.2. The maximum Gasteiger partial charge on any atom is 0.302 e. The van der Waals surface area contributed by atoms with Crippen LogP contribution in [-0.2, 0) is 4.79 Å². The van der Waals surface area contributed by atoms with Crippen LogP contribution in [0.15, 0.2) is 41.6 Å². The SMILES string of the molecule is C=CC(=O)N1CCC(n2nc(C(=O)Nc3nc4cc(F)ccc4o3)c3c(N)ncnc32)C1. The Kier molecular flexibility index (Phi) is 4.54. The minimum Gasteiger partial charge on any atom is -0.423 e. The van der Waals surface area contributed by atoms with E-state index in [0.717, 1.165) is 0 Å². The number of likely N-dealkylation sites (tertiary alicyclic amines) is 1. The normalized spacial score (nSPS) is 16.0. The fourth-order valence-electron chi connectivity index (χ4n) is 3.79. The van der Waals surface area contributed by atoms with Gasteiger partial charge in [-0.1, -0.05) is 6.58 Å². The Hall–Kier alpha value is -4.35. The molecule has 32 heavy (non-hydrogen) atoms. The molecule has 1 aliphatic heterocycles. The number of nitrogens with one attached hydrogen (secondary N) is 1. The van der Waals surface area contributed by atoms with Crippen LogP contribution in [-0.4, -0.2) is 54.5 Å². The molecule has 2 amide bonds. The summed E-state index contributed by atoms with van der Waals surface area (Å²) in [4.78, 5) is 38.9. The summed E-state index contributed by atoms with van der Waals surface area (Å²) >= 11 is 0. The summed E-state index contributed by atoms with van der Waals surface area (Å²) in [6.07, 6.45) is 3.17. The van der Waals surface area contributed by atoms with Gasteiger partial charge < -0.3 is 15.1 Å². The van der Waals surface area contributed by atoms with E-state index in [4.69, 9.17) is 10.2 Å². The lowest BCUT2D eigenvalue weighted by Gasteiger charge is -2.14. The Labute approximate surface area is 179 Å². The number of amides is 2. The first-order valence-corrected chi connectivity index (χ1v) is 9.72. The van der Waals surface area contributed by atoms with E-state index in [1.807, 2.05) is 0 Å². The Bertz CT molecular complexity index is 1390. The molecule has 162 valence electrons. The molecular formula is C20H17FN8O3. The second kappa shape index (κ2) is 7.41. The van der Waals surface area contributed by atoms with Gasteiger partial charge in [0, 0.05) is 19.2 Å². The molecule has 11 nitrogen and oxygen atoms in total. The third-order valence-corrected chi connectivity index (χ3v) is 5.30. The fourth-order valence-corrected chi connectivity index (χ4v) is 3.79. The highest BCUT2D eigenvalue weighted by Gasteiger charge is 2.31. The predicted molar refractivity (Wildman–Crippen MR) is 112 cm³/mol. The topological polar surface area (TPSA) is 145 Å². The number of halogens is 1. The molecule has 3 N–H and O–H groups in total. The zero-order chi connectivity index (χ0) is 22.4. The third kappa shape index (κ3) is 3.21. The van der Waals surface area contributed by atoms with Crippen molar-refractivity contribution in [1.82, 2.24) is 29.6 Å². The number of nitrogens with two attached hydrogens (primary N) is 1. The van der Waals surface area contributed by atoms with Crippen molar-refractivity contribution in [3.05, 3.63) is 48.7 Å². The van der Waals surface area contributed by atoms with Crippen molar-refractivity contribution in [1.29, 1.82) is 0 Å². The monoisotopic (exact) mass is 436 g/mol. The standard InChI is InChI=1S/C20H17FN8O3/c1-2-14(30)28-6-5-11(8-28)29-18-15(17(22)23-9-24-18)16(27-29)19(31)26-20-25-12-7-10(21)3-4-13(12)32-20/h2-4,7,9,11H,1,5-6,8H2,(H2,22,23,24)(H,25,26,31). The average Bonchev–Trinajstić information content (AvgIpc) is 3.49. The molecule has 4 heterocycles. The van der Waals surface area contributed by atoms with Crippen LogP contribution in [0, 0.1) is 5.82 Å². The number of hydrogen-bond donors (Lipinski definition) is 2. The summed E-state index contributed by atoms with van der Waals surface area (Å²) in [5.74, 6) is -1.20. The smallest absolute Gasteiger partial charge is 0.302 e. The van der Waals surface area contributed by atoms with Gasteiger partial charge in [0.1, 0.15) is 23.5 Å². The molecule has 1 aliphatic rings. The van der Waals surface area contributed by atoms with Crippen LogP contribution >= 0.6 is 0 Å². The minimum atomic E-state index is -0.640. The van der Waals surface area contributed by atoms with Crippen LogP contribution in [0.5, 0.6) is 0 Å². The molecule has 1 fully saturated rings. The van der Waals surface area contributed by atoms with Gasteiger partial charge in [0.25, 0.3) is 5.91 Å². The second-order valence-electron chi connectivity index (χ2n) is 7.27. The first kappa shape index (κ1) is 19.6. The molecule has 0 spiro atoms. The summed E-state index contributed by atoms with van der Waals surface area (Å²) in [7, 11) is 0. The van der Waals surface area contributed by atoms with E-state index >= 15 is 0 Å². The molecule has 5 rings (SSSR count). The van der Waals surface area contributed by atoms with E-state index in [1.54, 1.807) is 9.58 Å². The first-order valence-electron chi connectivity index (χ1n) is 9.72. The quantitative estimate of drug-likeness (QED) is 0.462. The molecular weight excluding hydrogens is 419 g/mol. The third-order valence-electron chi connectivity index (χ3n) is 5.30. The van der Waals surface area contributed by atoms with Crippen molar-refractivity contribution < 1.29 is 18.4 Å². The van der Waals surface area contributed by atoms with Crippen molar-refractivity contribution in [2.75, 3.05) is 24.1 Å². The molecule has 0 bridgehead atoms. The van der Waals surface area contributed by atoms with Crippen molar-refractivity contribution in [3.8, 4) is 0 Å². The maximum absolute atomic E-state index is 13.4. The predicted octanol–water partition coefficient (Wildman–Crippen LogP) is 1.90. The van der Waals surface area contributed by atoms with Gasteiger partial charge in [0.15, 0.2) is 16.9 Å². The molecule has 0 aliphatic carbocycles. The van der Waals surface area contributed by atoms with Gasteiger partial charge in [-0.25, -0.2) is 19.0 Å². The lowest BCUT2D eigenvalue weighted by Crippen LogP contribution is -2.27. The number of anilines is 2. The highest BCUT2D eigenvalue weighted by atomic mass is 19.1. The zero-order valence-corrected chi connectivity index (χ0v) is 16.7. The van der Waals surface area contributed by atoms with Gasteiger partial charge in [-0.2, -0.15) is 10.1 Å². The average molecular weight is 436 g/mol. The van der Waals surface area contributed by atoms with E-state index in [0.29, 0.717) is 30.7 Å². The number of carbonyl (C=O) groups is 2. The van der Waals surface area contributed by atoms with E-state index in [9.17, 15) is 14.0 Å². The molecule has 4 aromatic rings. The largest absolute Gasteiger partial charge is 0.423 e. The van der Waals surface area contributed by atoms with E-state index in [-0.39, 0.29) is 40.4 Å². The van der Waals surface area contributed by atoms with Crippen molar-refractivity contribution >= 4 is 45.8 Å². The van der Waals surface area contributed by atoms with Gasteiger partial charge in [-0.05, 0) is 24.6 Å². The number of oxazole rings is 1. The van der Waals surface area contributed by atoms with Crippen LogP contribution < -0.4 is 11.1 Å². The molecule has 3 aromatic heterocycles. The molecule has 1 atom stereocenters. The molecule has 0 radical (unpaired) electrons. The van der Waals surface area contributed by atoms with Crippen LogP contribution in [0.2, 0.25) is 0 Å². The summed E-state index contributed by atoms with van der Waals surface area (Å²) < 4.78 is 20.4. The summed E-state index contributed by atoms with van der Waals surface area (Å²) in [5, 5.41) is 7.25. The summed E-state index contributed by atoms with van der Waals surface area (Å²) in [6, 6.07) is 3.52. The highest BCUT2D eigenvalue weighted by molar-refractivity contribution is 6.12. The van der Waals surface area contributed by atoms with Crippen LogP contribution in [0.4, 0.5) is 16.2 Å². The van der Waals surface area contributed by atoms with Crippen molar-refractivity contribution in [2.45, 2.75) is 12.5 Å². The number of hydrogen-bond acceptors (Lipinski definition) is 8. The maximum atomic E-state index is 13.4. The second-order valence-corrected chi connectivity index (χ2v) is 7.27. The molecule has 1 aromatic carbocycles. The highest BCUT2D eigenvalue weighted by Crippen LogP contribution is 2.29. The van der Waals surface area contributed by atoms with Crippen LogP contribution in [0.3, 0.4) is 0 Å². The van der Waals surface area contributed by atoms with Crippen molar-refractivity contribution in [2.24, 2.45) is 0 Å². The van der Waals surface area contributed by atoms with Gasteiger partial charge >= 0.3 is 6.01 Å². The summed E-state index contributed by atoms with van der Waals surface area (Å²) in [5.41, 5.74) is 6.97. The van der Waals surface area contributed by atoms with Gasteiger partial charge in [0.05, 0.1) is 11.4 Å². The zero-order valence-electron chi connectivity index (χ0n) is 16.7. The molecule has 1 saturated heterocycles. The Morgan fingerprint density at radius 1 is 1.34 bits per heavy atom. The number of fused-ring (bicyclic) bond motifs is 2. The van der Waals surface area contributed by atoms with Crippen molar-refractivity contribution in [3.63, 3.8) is 0 Å². The Balaban J connectivity index is 1.50. The van der Waals surface area contributed by atoms with Crippen LogP contribution in [0.25, 0.3) is 22.1 Å². The van der Waals surface area contributed by atoms with E-state index < -0.39 is 11.7 Å². The summed E-state index contributed by atoms with van der Waals surface area (Å²) in [6.45, 7) is 4.43. The number of rotatable bonds is 4. The molecule has 0 saturated carbocycles. The Morgan fingerprint density at radius 3 is 3.00 bits per heavy atom. The first-order chi connectivity index (χ1) is 15.4. The van der Waals surface area contributed by atoms with E-state index in [2.05, 4.69) is 31.9 Å². The Morgan fingerprint density at radius 2 is 2.19 bits per heavy atom. The number of benzene rings is 1. The minimum absolute atomic E-state index is 0.0139. The number of nitrogen functional groups attached to an aromatic ring is 1. The van der Waals surface area contributed by atoms with Gasteiger partial charge in [-0.15, -0.1) is 0 Å². The fraction of sp³-hybridized carbons (Fsp3) is 0.200. The molecule has 12 heteroatoms. The van der Waals surface area contributed by atoms with E-state index in [1.165, 1.54) is 30.6 Å². The molecule has 1 unspecified atom stereocenters. The van der Waals surface area contributed by atoms with Crippen LogP contribution in [0.1, 0.15) is 23.0 Å². The number of nitrogens with zero attached hydrogens (tertiary/aromatic N) is 6.